The van der Waals surface area contributed by atoms with E-state index in [4.69, 9.17) is 0 Å². The molecule has 2 nitrogen and oxygen atoms in total. The van der Waals surface area contributed by atoms with Crippen molar-refractivity contribution in [3.8, 4) is 0 Å². The van der Waals surface area contributed by atoms with Crippen molar-refractivity contribution in [1.82, 2.24) is 0 Å². The highest BCUT2D eigenvalue weighted by molar-refractivity contribution is 5.97. The topological polar surface area (TPSA) is 20.3 Å². The second-order valence-corrected chi connectivity index (χ2v) is 4.53. The van der Waals surface area contributed by atoms with Gasteiger partial charge in [-0.25, -0.2) is 0 Å². The summed E-state index contributed by atoms with van der Waals surface area (Å²) in [6.07, 6.45) is 0.978. The minimum atomic E-state index is 0.186. The molecule has 0 saturated carbocycles. The largest absolute Gasteiger partial charge is 0.312 e. The molecule has 1 aromatic rings. The first-order valence-electron chi connectivity index (χ1n) is 5.47. The molecular weight excluding hydrogens is 186 g/mol. The Morgan fingerprint density at radius 2 is 1.80 bits per heavy atom. The highest BCUT2D eigenvalue weighted by atomic mass is 16.2. The van der Waals surface area contributed by atoms with Crippen molar-refractivity contribution in [3.63, 3.8) is 0 Å². The number of carbonyl (C=O) groups is 1. The summed E-state index contributed by atoms with van der Waals surface area (Å²) in [7, 11) is 0. The van der Waals surface area contributed by atoms with Crippen molar-refractivity contribution in [2.24, 2.45) is 5.92 Å². The molecule has 1 atom stereocenters. The molecule has 0 bridgehead atoms. The van der Waals surface area contributed by atoms with E-state index < -0.39 is 0 Å². The highest BCUT2D eigenvalue weighted by Gasteiger charge is 2.28. The molecule has 1 aliphatic heterocycles. The molecule has 80 valence electrons. The van der Waals surface area contributed by atoms with Crippen LogP contribution in [-0.2, 0) is 4.79 Å². The number of hydrogen-bond acceptors (Lipinski definition) is 1. The second kappa shape index (κ2) is 3.69. The summed E-state index contributed by atoms with van der Waals surface area (Å²) in [6, 6.07) is 6.30. The monoisotopic (exact) mass is 203 g/mol. The van der Waals surface area contributed by atoms with Gasteiger partial charge in [-0.3, -0.25) is 4.79 Å². The van der Waals surface area contributed by atoms with Crippen LogP contribution in [0.1, 0.15) is 24.5 Å². The lowest BCUT2D eigenvalue weighted by atomic mass is 10.1. The van der Waals surface area contributed by atoms with Gasteiger partial charge in [-0.05, 0) is 43.5 Å². The third-order valence-electron chi connectivity index (χ3n) is 2.99. The molecule has 2 heteroatoms. The molecule has 0 N–H and O–H groups in total. The van der Waals surface area contributed by atoms with Crippen LogP contribution in [-0.4, -0.2) is 12.5 Å². The molecule has 1 unspecified atom stereocenters. The molecule has 0 spiro atoms. The van der Waals surface area contributed by atoms with Gasteiger partial charge in [-0.15, -0.1) is 0 Å². The molecule has 0 radical (unpaired) electrons. The van der Waals surface area contributed by atoms with Crippen LogP contribution in [0.2, 0.25) is 0 Å². The van der Waals surface area contributed by atoms with Gasteiger partial charge in [0.15, 0.2) is 0 Å². The summed E-state index contributed by atoms with van der Waals surface area (Å²) in [5.41, 5.74) is 3.50. The van der Waals surface area contributed by atoms with E-state index in [0.717, 1.165) is 18.7 Å². The minimum absolute atomic E-state index is 0.186. The number of benzene rings is 1. The molecule has 1 aromatic carbocycles. The van der Waals surface area contributed by atoms with Gasteiger partial charge in [0.05, 0.1) is 0 Å². The molecule has 0 aliphatic carbocycles. The van der Waals surface area contributed by atoms with Crippen LogP contribution in [0.25, 0.3) is 0 Å². The minimum Gasteiger partial charge on any atom is -0.312 e. The Bertz CT molecular complexity index is 377. The second-order valence-electron chi connectivity index (χ2n) is 4.53. The fourth-order valence-electron chi connectivity index (χ4n) is 2.19. The predicted molar refractivity (Wildman–Crippen MR) is 62.1 cm³/mol. The Balaban J connectivity index is 2.34. The molecule has 0 aromatic heterocycles. The summed E-state index contributed by atoms with van der Waals surface area (Å²) in [6.45, 7) is 7.01. The zero-order valence-electron chi connectivity index (χ0n) is 9.58. The Labute approximate surface area is 90.9 Å². The van der Waals surface area contributed by atoms with E-state index in [1.54, 1.807) is 0 Å². The number of hydrogen-bond donors (Lipinski definition) is 0. The fourth-order valence-corrected chi connectivity index (χ4v) is 2.19. The number of anilines is 1. The first-order chi connectivity index (χ1) is 7.08. The molecule has 2 rings (SSSR count). The lowest BCUT2D eigenvalue weighted by molar-refractivity contribution is -0.119. The van der Waals surface area contributed by atoms with Crippen LogP contribution in [0.3, 0.4) is 0 Å². The third kappa shape index (κ3) is 1.89. The van der Waals surface area contributed by atoms with Crippen LogP contribution in [0.4, 0.5) is 5.69 Å². The van der Waals surface area contributed by atoms with E-state index in [-0.39, 0.29) is 11.8 Å². The average molecular weight is 203 g/mol. The Morgan fingerprint density at radius 1 is 1.20 bits per heavy atom. The van der Waals surface area contributed by atoms with E-state index >= 15 is 0 Å². The summed E-state index contributed by atoms with van der Waals surface area (Å²) < 4.78 is 0. The molecule has 1 fully saturated rings. The van der Waals surface area contributed by atoms with Crippen LogP contribution in [0, 0.1) is 19.8 Å². The van der Waals surface area contributed by atoms with E-state index in [9.17, 15) is 4.79 Å². The number of aryl methyl sites for hydroxylation is 2. The van der Waals surface area contributed by atoms with Gasteiger partial charge >= 0.3 is 0 Å². The first kappa shape index (κ1) is 10.2. The predicted octanol–water partition coefficient (Wildman–Crippen LogP) is 2.68. The average Bonchev–Trinajstić information content (AvgIpc) is 2.46. The van der Waals surface area contributed by atoms with E-state index in [0.29, 0.717) is 0 Å². The number of nitrogens with zero attached hydrogens (tertiary/aromatic N) is 1. The summed E-state index contributed by atoms with van der Waals surface area (Å²) in [5, 5.41) is 0. The molecular formula is C13H17NO. The normalized spacial score (nSPS) is 21.1. The van der Waals surface area contributed by atoms with Crippen molar-refractivity contribution in [3.05, 3.63) is 29.3 Å². The Kier molecular flexibility index (Phi) is 2.51. The lowest BCUT2D eigenvalue weighted by Crippen LogP contribution is -2.26. The SMILES string of the molecule is Cc1cc(C)cc(N2CCC(C)C2=O)c1. The molecule has 1 amide bonds. The van der Waals surface area contributed by atoms with E-state index in [1.807, 2.05) is 11.8 Å². The molecule has 1 aliphatic rings. The maximum atomic E-state index is 11.9. The van der Waals surface area contributed by atoms with E-state index in [1.165, 1.54) is 11.1 Å². The zero-order chi connectivity index (χ0) is 11.0. The standard InChI is InChI=1S/C13H17NO/c1-9-6-10(2)8-12(7-9)14-5-4-11(3)13(14)15/h6-8,11H,4-5H2,1-3H3. The van der Waals surface area contributed by atoms with Gasteiger partial charge in [-0.1, -0.05) is 13.0 Å². The van der Waals surface area contributed by atoms with Crippen LogP contribution >= 0.6 is 0 Å². The number of carbonyl (C=O) groups excluding carboxylic acids is 1. The fraction of sp³-hybridized carbons (Fsp3) is 0.462. The number of rotatable bonds is 1. The molecule has 1 saturated heterocycles. The first-order valence-corrected chi connectivity index (χ1v) is 5.47. The summed E-state index contributed by atoms with van der Waals surface area (Å²) >= 11 is 0. The van der Waals surface area contributed by atoms with Crippen molar-refractivity contribution >= 4 is 11.6 Å². The van der Waals surface area contributed by atoms with Gasteiger partial charge in [-0.2, -0.15) is 0 Å². The van der Waals surface area contributed by atoms with Crippen LogP contribution < -0.4 is 4.90 Å². The van der Waals surface area contributed by atoms with Gasteiger partial charge in [0.2, 0.25) is 5.91 Å². The maximum Gasteiger partial charge on any atom is 0.229 e. The Morgan fingerprint density at radius 3 is 2.27 bits per heavy atom. The van der Waals surface area contributed by atoms with Crippen molar-refractivity contribution < 1.29 is 4.79 Å². The van der Waals surface area contributed by atoms with Gasteiger partial charge < -0.3 is 4.90 Å². The lowest BCUT2D eigenvalue weighted by Gasteiger charge is -2.17. The Hall–Kier alpha value is -1.31. The van der Waals surface area contributed by atoms with Gasteiger partial charge in [0, 0.05) is 18.2 Å². The zero-order valence-corrected chi connectivity index (χ0v) is 9.58. The highest BCUT2D eigenvalue weighted by Crippen LogP contribution is 2.26. The quantitative estimate of drug-likeness (QED) is 0.687. The van der Waals surface area contributed by atoms with Crippen LogP contribution in [0.5, 0.6) is 0 Å². The number of amides is 1. The molecule has 1 heterocycles. The summed E-state index contributed by atoms with van der Waals surface area (Å²) in [5.74, 6) is 0.450. The van der Waals surface area contributed by atoms with Crippen molar-refractivity contribution in [1.29, 1.82) is 0 Å². The molecule has 15 heavy (non-hydrogen) atoms. The van der Waals surface area contributed by atoms with E-state index in [2.05, 4.69) is 32.0 Å². The van der Waals surface area contributed by atoms with Gasteiger partial charge in [0.1, 0.15) is 0 Å². The van der Waals surface area contributed by atoms with Crippen molar-refractivity contribution in [2.45, 2.75) is 27.2 Å². The summed E-state index contributed by atoms with van der Waals surface area (Å²) in [4.78, 5) is 13.8. The maximum absolute atomic E-state index is 11.9. The third-order valence-corrected chi connectivity index (χ3v) is 2.99. The van der Waals surface area contributed by atoms with Crippen LogP contribution in [0.15, 0.2) is 18.2 Å². The van der Waals surface area contributed by atoms with Crippen molar-refractivity contribution in [2.75, 3.05) is 11.4 Å². The van der Waals surface area contributed by atoms with Gasteiger partial charge in [0.25, 0.3) is 0 Å². The smallest absolute Gasteiger partial charge is 0.229 e.